The average Bonchev–Trinajstić information content (AvgIpc) is 3.09. The molecular formula is C20H21FN6O3. The lowest BCUT2D eigenvalue weighted by Crippen LogP contribution is -2.46. The van der Waals surface area contributed by atoms with Gasteiger partial charge in [-0.2, -0.15) is 9.78 Å². The normalized spacial score (nSPS) is 14.7. The molecule has 0 bridgehead atoms. The van der Waals surface area contributed by atoms with Crippen LogP contribution in [0.4, 0.5) is 9.18 Å². The highest BCUT2D eigenvalue weighted by atomic mass is 19.1. The zero-order chi connectivity index (χ0) is 21.3. The highest BCUT2D eigenvalue weighted by molar-refractivity contribution is 5.93. The smallest absolute Gasteiger partial charge is 0.409 e. The second-order valence-electron chi connectivity index (χ2n) is 7.14. The number of ether oxygens (including phenoxy) is 1. The number of nitrogens with one attached hydrogen (secondary N) is 1. The van der Waals surface area contributed by atoms with E-state index in [1.54, 1.807) is 11.0 Å². The fourth-order valence-corrected chi connectivity index (χ4v) is 3.55. The van der Waals surface area contributed by atoms with E-state index in [4.69, 9.17) is 4.74 Å². The molecule has 3 heterocycles. The number of carbonyl (C=O) groups is 2. The predicted octanol–water partition coefficient (Wildman–Crippen LogP) is 2.22. The summed E-state index contributed by atoms with van der Waals surface area (Å²) >= 11 is 0. The number of piperidine rings is 1. The van der Waals surface area contributed by atoms with Crippen molar-refractivity contribution >= 4 is 22.9 Å². The van der Waals surface area contributed by atoms with Crippen molar-refractivity contribution < 1.29 is 18.7 Å². The van der Waals surface area contributed by atoms with E-state index in [1.807, 2.05) is 6.92 Å². The number of hydrogen-bond acceptors (Lipinski definition) is 6. The summed E-state index contributed by atoms with van der Waals surface area (Å²) < 4.78 is 19.8. The number of carbonyl (C=O) groups excluding carboxylic acids is 2. The minimum atomic E-state index is -0.377. The number of likely N-dealkylation sites (tertiary alicyclic amines) is 1. The Morgan fingerprint density at radius 3 is 2.57 bits per heavy atom. The summed E-state index contributed by atoms with van der Waals surface area (Å²) in [6, 6.07) is 4.38. The zero-order valence-corrected chi connectivity index (χ0v) is 16.6. The molecule has 10 heteroatoms. The third kappa shape index (κ3) is 3.80. The van der Waals surface area contributed by atoms with Crippen LogP contribution in [0.25, 0.3) is 16.9 Å². The first-order valence-electron chi connectivity index (χ1n) is 9.57. The fourth-order valence-electron chi connectivity index (χ4n) is 3.55. The molecule has 0 spiro atoms. The first-order valence-corrected chi connectivity index (χ1v) is 9.57. The molecule has 0 aliphatic carbocycles. The Morgan fingerprint density at radius 1 is 1.20 bits per heavy atom. The number of rotatable bonds is 3. The van der Waals surface area contributed by atoms with Crippen LogP contribution in [0, 0.1) is 12.7 Å². The van der Waals surface area contributed by atoms with Crippen molar-refractivity contribution in [2.24, 2.45) is 0 Å². The molecule has 0 radical (unpaired) electrons. The maximum atomic E-state index is 13.7. The van der Waals surface area contributed by atoms with E-state index in [1.165, 1.54) is 36.3 Å². The molecule has 1 N–H and O–H groups in total. The molecule has 0 saturated carbocycles. The monoisotopic (exact) mass is 412 g/mol. The Kier molecular flexibility index (Phi) is 5.30. The molecule has 0 atom stereocenters. The van der Waals surface area contributed by atoms with Crippen LogP contribution in [-0.2, 0) is 4.74 Å². The van der Waals surface area contributed by atoms with E-state index >= 15 is 0 Å². The van der Waals surface area contributed by atoms with Gasteiger partial charge in [-0.25, -0.2) is 19.2 Å². The van der Waals surface area contributed by atoms with E-state index in [0.717, 1.165) is 11.1 Å². The second kappa shape index (κ2) is 8.05. The SMILES string of the molecule is COC(=O)N1CCC(NC(=O)c2cnc(-n3nc(C)c4ccc(F)cc43)nc2)CC1. The third-order valence-electron chi connectivity index (χ3n) is 5.18. The highest BCUT2D eigenvalue weighted by Crippen LogP contribution is 2.21. The van der Waals surface area contributed by atoms with Gasteiger partial charge in [-0.3, -0.25) is 4.79 Å². The molecule has 0 unspecified atom stereocenters. The first-order chi connectivity index (χ1) is 14.5. The summed E-state index contributed by atoms with van der Waals surface area (Å²) in [6.07, 6.45) is 3.77. The Hall–Kier alpha value is -3.56. The lowest BCUT2D eigenvalue weighted by Gasteiger charge is -2.31. The molecule has 2 aromatic heterocycles. The van der Waals surface area contributed by atoms with E-state index in [-0.39, 0.29) is 29.8 Å². The largest absolute Gasteiger partial charge is 0.453 e. The van der Waals surface area contributed by atoms with Gasteiger partial charge in [0.2, 0.25) is 0 Å². The summed E-state index contributed by atoms with van der Waals surface area (Å²) in [7, 11) is 1.35. The van der Waals surface area contributed by atoms with Gasteiger partial charge in [0, 0.05) is 43.0 Å². The van der Waals surface area contributed by atoms with Crippen LogP contribution in [-0.4, -0.2) is 62.9 Å². The van der Waals surface area contributed by atoms with Crippen molar-refractivity contribution in [3.63, 3.8) is 0 Å². The number of benzene rings is 1. The number of aryl methyl sites for hydroxylation is 1. The molecule has 1 fully saturated rings. The number of hydrogen-bond donors (Lipinski definition) is 1. The fraction of sp³-hybridized carbons (Fsp3) is 0.350. The summed E-state index contributed by atoms with van der Waals surface area (Å²) in [5.41, 5.74) is 1.60. The van der Waals surface area contributed by atoms with Gasteiger partial charge in [0.25, 0.3) is 11.9 Å². The van der Waals surface area contributed by atoms with Gasteiger partial charge in [-0.1, -0.05) is 0 Å². The van der Waals surface area contributed by atoms with Crippen molar-refractivity contribution in [3.8, 4) is 5.95 Å². The number of amides is 2. The first kappa shape index (κ1) is 19.7. The standard InChI is InChI=1S/C20H21FN6O3/c1-12-16-4-3-14(21)9-17(16)27(25-12)19-22-10-13(11-23-19)18(28)24-15-5-7-26(8-6-15)20(29)30-2/h3-4,9-11,15H,5-8H2,1-2H3,(H,24,28). The van der Waals surface area contributed by atoms with Gasteiger partial charge in [0.1, 0.15) is 5.82 Å². The van der Waals surface area contributed by atoms with E-state index in [9.17, 15) is 14.0 Å². The van der Waals surface area contributed by atoms with Gasteiger partial charge in [-0.15, -0.1) is 0 Å². The Balaban J connectivity index is 1.45. The van der Waals surface area contributed by atoms with E-state index in [2.05, 4.69) is 20.4 Å². The van der Waals surface area contributed by atoms with Gasteiger partial charge < -0.3 is 15.0 Å². The van der Waals surface area contributed by atoms with Gasteiger partial charge in [0.05, 0.1) is 23.9 Å². The van der Waals surface area contributed by atoms with Crippen LogP contribution in [0.2, 0.25) is 0 Å². The lowest BCUT2D eigenvalue weighted by atomic mass is 10.1. The van der Waals surface area contributed by atoms with Crippen molar-refractivity contribution in [2.45, 2.75) is 25.8 Å². The summed E-state index contributed by atoms with van der Waals surface area (Å²) in [5, 5.41) is 8.13. The maximum absolute atomic E-state index is 13.7. The quantitative estimate of drug-likeness (QED) is 0.708. The summed E-state index contributed by atoms with van der Waals surface area (Å²) in [4.78, 5) is 34.2. The van der Waals surface area contributed by atoms with Crippen molar-refractivity contribution in [1.29, 1.82) is 0 Å². The predicted molar refractivity (Wildman–Crippen MR) is 106 cm³/mol. The van der Waals surface area contributed by atoms with Crippen LogP contribution >= 0.6 is 0 Å². The number of methoxy groups -OCH3 is 1. The number of halogens is 1. The molecule has 1 aliphatic heterocycles. The Labute approximate surface area is 171 Å². The number of fused-ring (bicyclic) bond motifs is 1. The molecule has 1 saturated heterocycles. The zero-order valence-electron chi connectivity index (χ0n) is 16.6. The minimum Gasteiger partial charge on any atom is -0.453 e. The number of nitrogens with zero attached hydrogens (tertiary/aromatic N) is 5. The van der Waals surface area contributed by atoms with Crippen molar-refractivity contribution in [2.75, 3.05) is 20.2 Å². The van der Waals surface area contributed by atoms with E-state index in [0.29, 0.717) is 37.0 Å². The molecule has 4 rings (SSSR count). The molecule has 156 valence electrons. The van der Waals surface area contributed by atoms with Crippen molar-refractivity contribution in [3.05, 3.63) is 47.7 Å². The minimum absolute atomic E-state index is 0.0428. The van der Waals surface area contributed by atoms with Crippen LogP contribution < -0.4 is 5.32 Å². The van der Waals surface area contributed by atoms with E-state index < -0.39 is 0 Å². The second-order valence-corrected chi connectivity index (χ2v) is 7.14. The average molecular weight is 412 g/mol. The van der Waals surface area contributed by atoms with Crippen LogP contribution in [0.5, 0.6) is 0 Å². The maximum Gasteiger partial charge on any atom is 0.409 e. The lowest BCUT2D eigenvalue weighted by molar-refractivity contribution is 0.0891. The number of aromatic nitrogens is 4. The van der Waals surface area contributed by atoms with Crippen LogP contribution in [0.15, 0.2) is 30.6 Å². The molecule has 9 nitrogen and oxygen atoms in total. The Morgan fingerprint density at radius 2 is 1.90 bits per heavy atom. The third-order valence-corrected chi connectivity index (χ3v) is 5.18. The molecule has 3 aromatic rings. The highest BCUT2D eigenvalue weighted by Gasteiger charge is 2.24. The molecule has 30 heavy (non-hydrogen) atoms. The molecule has 2 amide bonds. The van der Waals surface area contributed by atoms with Gasteiger partial charge in [0.15, 0.2) is 0 Å². The Bertz CT molecular complexity index is 1090. The summed E-state index contributed by atoms with van der Waals surface area (Å²) in [5.74, 6) is -0.412. The summed E-state index contributed by atoms with van der Waals surface area (Å²) in [6.45, 7) is 2.87. The topological polar surface area (TPSA) is 102 Å². The van der Waals surface area contributed by atoms with Crippen LogP contribution in [0.1, 0.15) is 28.9 Å². The van der Waals surface area contributed by atoms with Gasteiger partial charge in [-0.05, 0) is 31.9 Å². The molecule has 1 aliphatic rings. The van der Waals surface area contributed by atoms with Crippen LogP contribution in [0.3, 0.4) is 0 Å². The molecule has 1 aromatic carbocycles. The van der Waals surface area contributed by atoms with Crippen molar-refractivity contribution in [1.82, 2.24) is 30.0 Å². The van der Waals surface area contributed by atoms with Gasteiger partial charge >= 0.3 is 6.09 Å². The molecular weight excluding hydrogens is 391 g/mol.